The molecular weight excluding hydrogens is 266 g/mol. The lowest BCUT2D eigenvalue weighted by Crippen LogP contribution is -2.44. The van der Waals surface area contributed by atoms with Gasteiger partial charge in [-0.25, -0.2) is 0 Å². The van der Waals surface area contributed by atoms with Gasteiger partial charge in [-0.1, -0.05) is 20.8 Å². The van der Waals surface area contributed by atoms with E-state index in [9.17, 15) is 14.7 Å². The molecule has 1 aliphatic heterocycles. The first-order chi connectivity index (χ1) is 9.79. The Balaban J connectivity index is 2.09. The Hall–Kier alpha value is -1.06. The third-order valence-corrected chi connectivity index (χ3v) is 5.30. The zero-order valence-electron chi connectivity index (χ0n) is 13.6. The summed E-state index contributed by atoms with van der Waals surface area (Å²) in [6.07, 6.45) is 5.46. The normalized spacial score (nSPS) is 31.0. The minimum Gasteiger partial charge on any atom is -0.481 e. The van der Waals surface area contributed by atoms with E-state index in [2.05, 4.69) is 20.8 Å². The first kappa shape index (κ1) is 16.3. The zero-order valence-corrected chi connectivity index (χ0v) is 13.6. The van der Waals surface area contributed by atoms with Crippen molar-refractivity contribution in [1.29, 1.82) is 0 Å². The number of aliphatic carboxylic acids is 1. The van der Waals surface area contributed by atoms with Gasteiger partial charge in [-0.3, -0.25) is 9.59 Å². The molecule has 4 nitrogen and oxygen atoms in total. The molecule has 0 aromatic heterocycles. The molecule has 1 aliphatic carbocycles. The summed E-state index contributed by atoms with van der Waals surface area (Å²) in [5.74, 6) is -0.676. The summed E-state index contributed by atoms with van der Waals surface area (Å²) in [5, 5.41) is 9.41. The van der Waals surface area contributed by atoms with Crippen LogP contribution in [-0.4, -0.2) is 35.0 Å². The summed E-state index contributed by atoms with van der Waals surface area (Å²) in [7, 11) is 0. The van der Waals surface area contributed by atoms with E-state index in [0.29, 0.717) is 18.8 Å². The minimum absolute atomic E-state index is 0.0640. The monoisotopic (exact) mass is 295 g/mol. The number of hydrogen-bond donors (Lipinski definition) is 1. The van der Waals surface area contributed by atoms with Crippen LogP contribution in [0.15, 0.2) is 0 Å². The fraction of sp³-hybridized carbons (Fsp3) is 0.882. The Morgan fingerprint density at radius 3 is 2.05 bits per heavy atom. The van der Waals surface area contributed by atoms with E-state index in [1.165, 1.54) is 6.42 Å². The maximum Gasteiger partial charge on any atom is 0.306 e. The van der Waals surface area contributed by atoms with Crippen molar-refractivity contribution in [3.8, 4) is 0 Å². The Bertz CT molecular complexity index is 393. The van der Waals surface area contributed by atoms with Crippen LogP contribution in [0.4, 0.5) is 0 Å². The molecule has 0 aromatic carbocycles. The Kier molecular flexibility index (Phi) is 4.95. The molecule has 1 heterocycles. The fourth-order valence-corrected chi connectivity index (χ4v) is 3.80. The van der Waals surface area contributed by atoms with Gasteiger partial charge < -0.3 is 10.0 Å². The predicted octanol–water partition coefficient (Wildman–Crippen LogP) is 3.16. The topological polar surface area (TPSA) is 57.6 Å². The molecule has 0 aromatic rings. The van der Waals surface area contributed by atoms with E-state index in [4.69, 9.17) is 0 Å². The van der Waals surface area contributed by atoms with Crippen molar-refractivity contribution in [1.82, 2.24) is 4.90 Å². The van der Waals surface area contributed by atoms with Crippen LogP contribution in [0.3, 0.4) is 0 Å². The van der Waals surface area contributed by atoms with Crippen molar-refractivity contribution in [3.63, 3.8) is 0 Å². The number of nitrogens with zero attached hydrogens (tertiary/aromatic N) is 1. The van der Waals surface area contributed by atoms with Gasteiger partial charge in [-0.15, -0.1) is 0 Å². The van der Waals surface area contributed by atoms with E-state index < -0.39 is 5.97 Å². The number of carboxylic acids is 1. The van der Waals surface area contributed by atoms with Crippen LogP contribution in [0, 0.1) is 23.2 Å². The number of amides is 1. The molecule has 0 spiro atoms. The second kappa shape index (κ2) is 6.37. The lowest BCUT2D eigenvalue weighted by Gasteiger charge is -2.41. The van der Waals surface area contributed by atoms with Crippen molar-refractivity contribution < 1.29 is 14.7 Å². The lowest BCUT2D eigenvalue weighted by atomic mass is 9.65. The molecule has 1 amide bonds. The fourth-order valence-electron chi connectivity index (χ4n) is 3.80. The predicted molar refractivity (Wildman–Crippen MR) is 81.8 cm³/mol. The van der Waals surface area contributed by atoms with Crippen molar-refractivity contribution >= 4 is 11.9 Å². The first-order valence-corrected chi connectivity index (χ1v) is 8.30. The summed E-state index contributed by atoms with van der Waals surface area (Å²) in [4.78, 5) is 26.1. The number of carboxylic acid groups (broad SMARTS) is 1. The Morgan fingerprint density at radius 1 is 0.952 bits per heavy atom. The molecule has 0 unspecified atom stereocenters. The summed E-state index contributed by atoms with van der Waals surface area (Å²) >= 11 is 0. The van der Waals surface area contributed by atoms with E-state index in [0.717, 1.165) is 32.4 Å². The van der Waals surface area contributed by atoms with Crippen LogP contribution in [0.5, 0.6) is 0 Å². The molecule has 21 heavy (non-hydrogen) atoms. The van der Waals surface area contributed by atoms with Crippen LogP contribution >= 0.6 is 0 Å². The number of rotatable bonds is 2. The highest BCUT2D eigenvalue weighted by Gasteiger charge is 2.41. The molecular formula is C17H29NO3. The van der Waals surface area contributed by atoms with E-state index >= 15 is 0 Å². The molecule has 2 fully saturated rings. The summed E-state index contributed by atoms with van der Waals surface area (Å²) in [5.41, 5.74) is 0.0640. The highest BCUT2D eigenvalue weighted by atomic mass is 16.4. The average molecular weight is 295 g/mol. The molecule has 120 valence electrons. The maximum atomic E-state index is 12.7. The average Bonchev–Trinajstić information content (AvgIpc) is 2.46. The van der Waals surface area contributed by atoms with Gasteiger partial charge in [-0.05, 0) is 49.9 Å². The Labute approximate surface area is 127 Å². The van der Waals surface area contributed by atoms with Crippen LogP contribution in [0.25, 0.3) is 0 Å². The maximum absolute atomic E-state index is 12.7. The van der Waals surface area contributed by atoms with Crippen LogP contribution in [0.1, 0.15) is 59.3 Å². The quantitative estimate of drug-likeness (QED) is 0.851. The molecule has 4 heteroatoms. The molecule has 1 saturated carbocycles. The molecule has 2 aliphatic rings. The number of likely N-dealkylation sites (tertiary alicyclic amines) is 1. The summed E-state index contributed by atoms with van der Waals surface area (Å²) < 4.78 is 0. The number of piperidine rings is 1. The van der Waals surface area contributed by atoms with Crippen LogP contribution in [0.2, 0.25) is 0 Å². The van der Waals surface area contributed by atoms with Gasteiger partial charge in [0.05, 0.1) is 5.92 Å². The highest BCUT2D eigenvalue weighted by Crippen LogP contribution is 2.43. The molecule has 1 N–H and O–H groups in total. The minimum atomic E-state index is -0.736. The summed E-state index contributed by atoms with van der Waals surface area (Å²) in [6.45, 7) is 8.18. The van der Waals surface area contributed by atoms with Gasteiger partial charge >= 0.3 is 5.97 Å². The van der Waals surface area contributed by atoms with Crippen molar-refractivity contribution in [2.45, 2.75) is 59.3 Å². The third kappa shape index (κ3) is 3.98. The van der Waals surface area contributed by atoms with Gasteiger partial charge in [0.15, 0.2) is 0 Å². The van der Waals surface area contributed by atoms with Gasteiger partial charge in [0.25, 0.3) is 0 Å². The van der Waals surface area contributed by atoms with Gasteiger partial charge in [0.2, 0.25) is 5.91 Å². The second-order valence-corrected chi connectivity index (χ2v) is 7.89. The SMILES string of the molecule is CC(C)(C)[C@@H]1C[C@@H](C(=O)O)C[C@@H](C(=O)N2CCCCC2)C1. The van der Waals surface area contributed by atoms with Crippen molar-refractivity contribution in [3.05, 3.63) is 0 Å². The third-order valence-electron chi connectivity index (χ3n) is 5.30. The van der Waals surface area contributed by atoms with Crippen molar-refractivity contribution in [2.75, 3.05) is 13.1 Å². The van der Waals surface area contributed by atoms with E-state index in [1.54, 1.807) is 0 Å². The number of carbonyl (C=O) groups is 2. The van der Waals surface area contributed by atoms with Gasteiger partial charge in [-0.2, -0.15) is 0 Å². The number of hydrogen-bond acceptors (Lipinski definition) is 2. The molecule has 1 saturated heterocycles. The molecule has 2 rings (SSSR count). The van der Waals surface area contributed by atoms with E-state index in [1.807, 2.05) is 4.90 Å². The highest BCUT2D eigenvalue weighted by molar-refractivity contribution is 5.80. The Morgan fingerprint density at radius 2 is 1.52 bits per heavy atom. The second-order valence-electron chi connectivity index (χ2n) is 7.89. The van der Waals surface area contributed by atoms with Gasteiger partial charge in [0.1, 0.15) is 0 Å². The van der Waals surface area contributed by atoms with E-state index in [-0.39, 0.29) is 23.2 Å². The largest absolute Gasteiger partial charge is 0.481 e. The number of carbonyl (C=O) groups excluding carboxylic acids is 1. The van der Waals surface area contributed by atoms with Crippen LogP contribution in [-0.2, 0) is 9.59 Å². The smallest absolute Gasteiger partial charge is 0.306 e. The molecule has 3 atom stereocenters. The first-order valence-electron chi connectivity index (χ1n) is 8.30. The molecule has 0 bridgehead atoms. The molecule has 0 radical (unpaired) electrons. The van der Waals surface area contributed by atoms with Gasteiger partial charge in [0, 0.05) is 19.0 Å². The van der Waals surface area contributed by atoms with Crippen LogP contribution < -0.4 is 0 Å². The standard InChI is InChI=1S/C17H29NO3/c1-17(2,3)14-10-12(9-13(11-14)16(20)21)15(19)18-7-5-4-6-8-18/h12-14H,4-11H2,1-3H3,(H,20,21)/t12-,13+,14+/m1/s1. The lowest BCUT2D eigenvalue weighted by molar-refractivity contribution is -0.148. The van der Waals surface area contributed by atoms with Crippen molar-refractivity contribution in [2.24, 2.45) is 23.2 Å². The zero-order chi connectivity index (χ0) is 15.6. The summed E-state index contributed by atoms with van der Waals surface area (Å²) in [6, 6.07) is 0.